The molecule has 0 fully saturated rings. The first-order chi connectivity index (χ1) is 12.3. The molecule has 7 heteroatoms. The Hall–Kier alpha value is -1.76. The molecular formula is C19H15BrClNO3S. The predicted octanol–water partition coefficient (Wildman–Crippen LogP) is 4.76. The third-order valence-electron chi connectivity index (χ3n) is 3.98. The number of hydrogen-bond acceptors (Lipinski definition) is 3. The van der Waals surface area contributed by atoms with Crippen LogP contribution in [0.15, 0.2) is 50.7 Å². The molecule has 2 aromatic carbocycles. The fourth-order valence-electron chi connectivity index (χ4n) is 2.82. The first kappa shape index (κ1) is 19.0. The number of Topliss-reactive ketones (excluding diaryl/α,β-unsaturated/α-hetero) is 1. The number of carbonyl (C=O) groups excluding carboxylic acids is 1. The van der Waals surface area contributed by atoms with Gasteiger partial charge in [0.15, 0.2) is 5.78 Å². The second kappa shape index (κ2) is 7.47. The lowest BCUT2D eigenvalue weighted by molar-refractivity contribution is 0.101. The van der Waals surface area contributed by atoms with Gasteiger partial charge in [0, 0.05) is 4.47 Å². The fraction of sp³-hybridized carbons (Fsp3) is 0.158. The van der Waals surface area contributed by atoms with E-state index in [4.69, 9.17) is 11.6 Å². The van der Waals surface area contributed by atoms with Crippen LogP contribution in [0, 0.1) is 6.92 Å². The van der Waals surface area contributed by atoms with Gasteiger partial charge in [0.05, 0.1) is 38.0 Å². The van der Waals surface area contributed by atoms with Gasteiger partial charge in [-0.15, -0.1) is 0 Å². The Labute approximate surface area is 166 Å². The van der Waals surface area contributed by atoms with Gasteiger partial charge >= 0.3 is 0 Å². The van der Waals surface area contributed by atoms with Crippen molar-refractivity contribution in [1.29, 1.82) is 0 Å². The number of aromatic nitrogens is 1. The number of carbonyl (C=O) groups is 1. The van der Waals surface area contributed by atoms with Crippen LogP contribution in [0.2, 0.25) is 5.02 Å². The van der Waals surface area contributed by atoms with Crippen LogP contribution in [-0.2, 0) is 16.6 Å². The van der Waals surface area contributed by atoms with Crippen molar-refractivity contribution in [2.45, 2.75) is 24.6 Å². The highest BCUT2D eigenvalue weighted by atomic mass is 79.9. The highest BCUT2D eigenvalue weighted by Gasteiger charge is 2.22. The number of rotatable bonds is 4. The van der Waals surface area contributed by atoms with Crippen molar-refractivity contribution < 1.29 is 9.00 Å². The van der Waals surface area contributed by atoms with Crippen LogP contribution in [0.4, 0.5) is 0 Å². The molecule has 1 N–H and O–H groups in total. The van der Waals surface area contributed by atoms with Crippen molar-refractivity contribution in [2.75, 3.05) is 0 Å². The number of halogens is 2. The summed E-state index contributed by atoms with van der Waals surface area (Å²) in [4.78, 5) is 28.0. The average Bonchev–Trinajstić information content (AvgIpc) is 2.57. The molecule has 0 saturated carbocycles. The van der Waals surface area contributed by atoms with Gasteiger partial charge in [-0.1, -0.05) is 41.4 Å². The Kier molecular flexibility index (Phi) is 5.46. The monoisotopic (exact) mass is 451 g/mol. The third-order valence-corrected chi connectivity index (χ3v) is 6.32. The number of aryl methyl sites for hydroxylation is 1. The number of pyridine rings is 1. The van der Waals surface area contributed by atoms with Crippen LogP contribution in [0.1, 0.15) is 28.4 Å². The van der Waals surface area contributed by atoms with Crippen molar-refractivity contribution in [1.82, 2.24) is 4.98 Å². The minimum absolute atomic E-state index is 0.108. The summed E-state index contributed by atoms with van der Waals surface area (Å²) in [6.07, 6.45) is 0. The van der Waals surface area contributed by atoms with E-state index in [-0.39, 0.29) is 26.8 Å². The molecule has 0 saturated heterocycles. The van der Waals surface area contributed by atoms with Crippen molar-refractivity contribution in [3.05, 3.63) is 72.8 Å². The van der Waals surface area contributed by atoms with Gasteiger partial charge in [0.2, 0.25) is 5.43 Å². The molecule has 0 aliphatic rings. The van der Waals surface area contributed by atoms with E-state index in [9.17, 15) is 13.8 Å². The summed E-state index contributed by atoms with van der Waals surface area (Å²) in [5, 5.41) is 0.574. The molecule has 0 radical (unpaired) electrons. The fourth-order valence-corrected chi connectivity index (χ4v) is 4.80. The van der Waals surface area contributed by atoms with E-state index >= 15 is 0 Å². The van der Waals surface area contributed by atoms with Crippen LogP contribution in [0.5, 0.6) is 0 Å². The normalized spacial score (nSPS) is 12.3. The zero-order valence-corrected chi connectivity index (χ0v) is 17.2. The van der Waals surface area contributed by atoms with Crippen molar-refractivity contribution >= 4 is 55.0 Å². The Morgan fingerprint density at radius 2 is 2.00 bits per heavy atom. The summed E-state index contributed by atoms with van der Waals surface area (Å²) in [6.45, 7) is 3.24. The number of ketones is 1. The largest absolute Gasteiger partial charge is 0.346 e. The quantitative estimate of drug-likeness (QED) is 0.580. The third kappa shape index (κ3) is 3.54. The zero-order chi connectivity index (χ0) is 19.0. The highest BCUT2D eigenvalue weighted by Crippen LogP contribution is 2.28. The van der Waals surface area contributed by atoms with E-state index in [2.05, 4.69) is 20.9 Å². The summed E-state index contributed by atoms with van der Waals surface area (Å²) < 4.78 is 13.6. The minimum Gasteiger partial charge on any atom is -0.346 e. The number of H-pyrrole nitrogens is 1. The number of hydrogen-bond donors (Lipinski definition) is 1. The molecule has 1 unspecified atom stereocenters. The first-order valence-corrected chi connectivity index (χ1v) is 10.3. The van der Waals surface area contributed by atoms with Crippen molar-refractivity contribution in [2.24, 2.45) is 0 Å². The lowest BCUT2D eigenvalue weighted by atomic mass is 10.1. The minimum atomic E-state index is -1.60. The second-order valence-electron chi connectivity index (χ2n) is 5.97. The van der Waals surface area contributed by atoms with Gasteiger partial charge in [-0.25, -0.2) is 0 Å². The van der Waals surface area contributed by atoms with Crippen molar-refractivity contribution in [3.8, 4) is 0 Å². The Bertz CT molecular complexity index is 1120. The topological polar surface area (TPSA) is 67.0 Å². The lowest BCUT2D eigenvalue weighted by Gasteiger charge is -2.11. The maximum absolute atomic E-state index is 13.0. The number of fused-ring (bicyclic) bond motifs is 1. The Morgan fingerprint density at radius 1 is 1.27 bits per heavy atom. The van der Waals surface area contributed by atoms with Gasteiger partial charge < -0.3 is 4.98 Å². The van der Waals surface area contributed by atoms with Gasteiger partial charge in [0.25, 0.3) is 0 Å². The Morgan fingerprint density at radius 3 is 2.65 bits per heavy atom. The molecule has 0 aliphatic heterocycles. The second-order valence-corrected chi connectivity index (χ2v) is 8.62. The number of aromatic amines is 1. The van der Waals surface area contributed by atoms with Crippen molar-refractivity contribution in [3.63, 3.8) is 0 Å². The van der Waals surface area contributed by atoms with E-state index in [1.54, 1.807) is 12.1 Å². The SMILES string of the molecule is CC(=O)c1c(S(=O)Cc2cccc(C)c2)[nH]c2c(Br)ccc(Cl)c2c1=O. The lowest BCUT2D eigenvalue weighted by Crippen LogP contribution is -2.20. The molecule has 1 atom stereocenters. The predicted molar refractivity (Wildman–Crippen MR) is 109 cm³/mol. The molecule has 26 heavy (non-hydrogen) atoms. The smallest absolute Gasteiger partial charge is 0.202 e. The highest BCUT2D eigenvalue weighted by molar-refractivity contribution is 9.10. The van der Waals surface area contributed by atoms with E-state index in [1.807, 2.05) is 31.2 Å². The summed E-state index contributed by atoms with van der Waals surface area (Å²) >= 11 is 9.54. The maximum Gasteiger partial charge on any atom is 0.202 e. The number of benzene rings is 2. The van der Waals surface area contributed by atoms with Gasteiger partial charge in [-0.05, 0) is 47.5 Å². The molecule has 3 rings (SSSR count). The van der Waals surface area contributed by atoms with Gasteiger partial charge in [-0.2, -0.15) is 0 Å². The standard InChI is InChI=1S/C19H15BrClNO3S/c1-10-4-3-5-12(8-10)9-26(25)19-15(11(2)23)18(24)16-14(21)7-6-13(20)17(16)22-19/h3-8H,9H2,1-2H3,(H,22,24). The van der Waals surface area contributed by atoms with Crippen LogP contribution < -0.4 is 5.43 Å². The molecule has 1 aromatic heterocycles. The van der Waals surface area contributed by atoms with E-state index in [1.165, 1.54) is 6.92 Å². The van der Waals surface area contributed by atoms with Crippen LogP contribution in [0.25, 0.3) is 10.9 Å². The number of nitrogens with one attached hydrogen (secondary N) is 1. The molecule has 0 aliphatic carbocycles. The first-order valence-electron chi connectivity index (χ1n) is 7.78. The molecule has 4 nitrogen and oxygen atoms in total. The van der Waals surface area contributed by atoms with Crippen LogP contribution >= 0.6 is 27.5 Å². The molecule has 0 spiro atoms. The summed E-state index contributed by atoms with van der Waals surface area (Å²) in [7, 11) is -1.60. The van der Waals surface area contributed by atoms with Crippen LogP contribution in [0.3, 0.4) is 0 Å². The summed E-state index contributed by atoms with van der Waals surface area (Å²) in [5.74, 6) is -0.251. The zero-order valence-electron chi connectivity index (χ0n) is 14.1. The molecule has 0 amide bonds. The summed E-state index contributed by atoms with van der Waals surface area (Å²) in [5.41, 5.74) is 1.73. The summed E-state index contributed by atoms with van der Waals surface area (Å²) in [6, 6.07) is 10.9. The molecule has 134 valence electrons. The van der Waals surface area contributed by atoms with Crippen LogP contribution in [-0.4, -0.2) is 15.0 Å². The van der Waals surface area contributed by atoms with Gasteiger partial charge in [0.1, 0.15) is 5.03 Å². The van der Waals surface area contributed by atoms with E-state index in [0.29, 0.717) is 9.99 Å². The molecule has 1 heterocycles. The molecule has 0 bridgehead atoms. The average molecular weight is 453 g/mol. The van der Waals surface area contributed by atoms with E-state index in [0.717, 1.165) is 11.1 Å². The Balaban J connectivity index is 2.23. The maximum atomic E-state index is 13.0. The van der Waals surface area contributed by atoms with Gasteiger partial charge in [-0.3, -0.25) is 13.8 Å². The molecular weight excluding hydrogens is 438 g/mol. The van der Waals surface area contributed by atoms with E-state index < -0.39 is 22.0 Å². The molecule has 3 aromatic rings.